The summed E-state index contributed by atoms with van der Waals surface area (Å²) < 4.78 is 5.94. The fourth-order valence-electron chi connectivity index (χ4n) is 1.83. The highest BCUT2D eigenvalue weighted by Crippen LogP contribution is 2.27. The van der Waals surface area contributed by atoms with Gasteiger partial charge in [0.25, 0.3) is 0 Å². The first-order valence-corrected chi connectivity index (χ1v) is 6.68. The van der Waals surface area contributed by atoms with E-state index in [1.807, 2.05) is 25.1 Å². The van der Waals surface area contributed by atoms with E-state index in [1.54, 1.807) is 13.2 Å². The molecule has 1 atom stereocenters. The summed E-state index contributed by atoms with van der Waals surface area (Å²) in [5, 5.41) is 10.3. The number of hydrogen-bond acceptors (Lipinski definition) is 4. The summed E-state index contributed by atoms with van der Waals surface area (Å²) in [4.78, 5) is 8.08. The summed E-state index contributed by atoms with van der Waals surface area (Å²) in [6, 6.07) is 7.63. The molecule has 0 saturated carbocycles. The third-order valence-corrected chi connectivity index (χ3v) is 3.54. The lowest BCUT2D eigenvalue weighted by molar-refractivity contribution is 0.176. The van der Waals surface area contributed by atoms with Crippen molar-refractivity contribution >= 4 is 15.9 Å². The average Bonchev–Trinajstić information content (AvgIpc) is 2.41. The molecule has 5 heteroatoms. The van der Waals surface area contributed by atoms with E-state index in [4.69, 9.17) is 4.74 Å². The lowest BCUT2D eigenvalue weighted by atomic mass is 10.0. The molecule has 0 aliphatic rings. The fraction of sp³-hybridized carbons (Fsp3) is 0.286. The minimum Gasteiger partial charge on any atom is -0.481 e. The Morgan fingerprint density at radius 1 is 1.32 bits per heavy atom. The molecule has 0 aliphatic carbocycles. The van der Waals surface area contributed by atoms with Crippen LogP contribution in [0.3, 0.4) is 0 Å². The van der Waals surface area contributed by atoms with Gasteiger partial charge in [0, 0.05) is 17.0 Å². The van der Waals surface area contributed by atoms with E-state index >= 15 is 0 Å². The van der Waals surface area contributed by atoms with Crippen molar-refractivity contribution in [3.05, 3.63) is 51.9 Å². The molecular formula is C14H15BrN2O2. The van der Waals surface area contributed by atoms with Gasteiger partial charge in [-0.25, -0.2) is 9.97 Å². The van der Waals surface area contributed by atoms with Gasteiger partial charge in [0.1, 0.15) is 6.33 Å². The maximum Gasteiger partial charge on any atom is 0.216 e. The number of ether oxygens (including phenoxy) is 1. The van der Waals surface area contributed by atoms with Crippen LogP contribution < -0.4 is 4.74 Å². The van der Waals surface area contributed by atoms with Gasteiger partial charge in [-0.05, 0) is 18.6 Å². The van der Waals surface area contributed by atoms with Crippen LogP contribution in [-0.2, 0) is 6.42 Å². The maximum absolute atomic E-state index is 10.3. The van der Waals surface area contributed by atoms with Crippen LogP contribution in [-0.4, -0.2) is 22.2 Å². The Hall–Kier alpha value is -1.46. The fourth-order valence-corrected chi connectivity index (χ4v) is 2.34. The smallest absolute Gasteiger partial charge is 0.216 e. The van der Waals surface area contributed by atoms with Crippen LogP contribution in [0, 0.1) is 6.92 Å². The van der Waals surface area contributed by atoms with E-state index < -0.39 is 6.10 Å². The van der Waals surface area contributed by atoms with E-state index in [-0.39, 0.29) is 0 Å². The molecule has 100 valence electrons. The first kappa shape index (κ1) is 14.0. The number of aliphatic hydroxyl groups is 1. The van der Waals surface area contributed by atoms with E-state index in [1.165, 1.54) is 6.33 Å². The molecule has 2 rings (SSSR count). The largest absolute Gasteiger partial charge is 0.481 e. The van der Waals surface area contributed by atoms with E-state index in [9.17, 15) is 5.11 Å². The molecule has 1 unspecified atom stereocenters. The van der Waals surface area contributed by atoms with Crippen molar-refractivity contribution in [2.75, 3.05) is 7.11 Å². The highest BCUT2D eigenvalue weighted by atomic mass is 79.9. The van der Waals surface area contributed by atoms with Crippen molar-refractivity contribution in [2.45, 2.75) is 19.4 Å². The number of methoxy groups -OCH3 is 1. The van der Waals surface area contributed by atoms with Crippen molar-refractivity contribution < 1.29 is 9.84 Å². The summed E-state index contributed by atoms with van der Waals surface area (Å²) in [6.07, 6.45) is 1.24. The number of aryl methyl sites for hydroxylation is 1. The van der Waals surface area contributed by atoms with Gasteiger partial charge in [0.05, 0.1) is 18.9 Å². The second-order valence-electron chi connectivity index (χ2n) is 4.30. The molecule has 0 bridgehead atoms. The number of benzene rings is 1. The van der Waals surface area contributed by atoms with E-state index in [2.05, 4.69) is 25.9 Å². The second-order valence-corrected chi connectivity index (χ2v) is 5.15. The van der Waals surface area contributed by atoms with Crippen molar-refractivity contribution in [1.82, 2.24) is 9.97 Å². The van der Waals surface area contributed by atoms with Crippen LogP contribution in [0.2, 0.25) is 0 Å². The monoisotopic (exact) mass is 322 g/mol. The lowest BCUT2D eigenvalue weighted by Crippen LogP contribution is -2.05. The SMILES string of the molecule is COc1cc(CC(O)c2cc(C)ccc2Br)ncn1. The highest BCUT2D eigenvalue weighted by Gasteiger charge is 2.13. The summed E-state index contributed by atoms with van der Waals surface area (Å²) in [5.74, 6) is 0.500. The summed E-state index contributed by atoms with van der Waals surface area (Å²) >= 11 is 3.46. The average molecular weight is 323 g/mol. The Labute approximate surface area is 120 Å². The van der Waals surface area contributed by atoms with Crippen molar-refractivity contribution in [3.63, 3.8) is 0 Å². The Bertz CT molecular complexity index is 575. The molecule has 0 saturated heterocycles. The molecular weight excluding hydrogens is 308 g/mol. The van der Waals surface area contributed by atoms with Gasteiger partial charge in [-0.15, -0.1) is 0 Å². The molecule has 1 aromatic carbocycles. The molecule has 4 nitrogen and oxygen atoms in total. The first-order chi connectivity index (χ1) is 9.10. The molecule has 19 heavy (non-hydrogen) atoms. The summed E-state index contributed by atoms with van der Waals surface area (Å²) in [7, 11) is 1.56. The van der Waals surface area contributed by atoms with Crippen LogP contribution in [0.1, 0.15) is 22.9 Å². The third-order valence-electron chi connectivity index (χ3n) is 2.82. The minimum absolute atomic E-state index is 0.418. The van der Waals surface area contributed by atoms with Gasteiger partial charge >= 0.3 is 0 Å². The molecule has 1 heterocycles. The Kier molecular flexibility index (Phi) is 4.50. The molecule has 1 N–H and O–H groups in total. The summed E-state index contributed by atoms with van der Waals surface area (Å²) in [6.45, 7) is 2.00. The van der Waals surface area contributed by atoms with Crippen molar-refractivity contribution in [3.8, 4) is 5.88 Å². The topological polar surface area (TPSA) is 55.2 Å². The number of aliphatic hydroxyl groups excluding tert-OH is 1. The molecule has 0 amide bonds. The number of nitrogens with zero attached hydrogens (tertiary/aromatic N) is 2. The van der Waals surface area contributed by atoms with Crippen LogP contribution in [0.5, 0.6) is 5.88 Å². The first-order valence-electron chi connectivity index (χ1n) is 5.89. The molecule has 2 aromatic rings. The zero-order valence-corrected chi connectivity index (χ0v) is 12.4. The molecule has 0 radical (unpaired) electrons. The van der Waals surface area contributed by atoms with Gasteiger partial charge < -0.3 is 9.84 Å². The molecule has 0 spiro atoms. The maximum atomic E-state index is 10.3. The number of halogens is 1. The third kappa shape index (κ3) is 3.52. The standard InChI is InChI=1S/C14H15BrN2O2/c1-9-3-4-12(15)11(5-9)13(18)6-10-7-14(19-2)17-8-16-10/h3-5,7-8,13,18H,6H2,1-2H3. The Balaban J connectivity index is 2.20. The number of aromatic nitrogens is 2. The quantitative estimate of drug-likeness (QED) is 0.940. The minimum atomic E-state index is -0.617. The summed E-state index contributed by atoms with van der Waals surface area (Å²) in [5.41, 5.74) is 2.71. The molecule has 0 aliphatic heterocycles. The van der Waals surface area contributed by atoms with Gasteiger partial charge in [-0.2, -0.15) is 0 Å². The number of hydrogen-bond donors (Lipinski definition) is 1. The van der Waals surface area contributed by atoms with Gasteiger partial charge in [0.15, 0.2) is 0 Å². The predicted octanol–water partition coefficient (Wildman–Crippen LogP) is 2.83. The lowest BCUT2D eigenvalue weighted by Gasteiger charge is -2.13. The predicted molar refractivity (Wildman–Crippen MR) is 76.1 cm³/mol. The highest BCUT2D eigenvalue weighted by molar-refractivity contribution is 9.10. The van der Waals surface area contributed by atoms with Crippen molar-refractivity contribution in [2.24, 2.45) is 0 Å². The molecule has 0 fully saturated rings. The zero-order chi connectivity index (χ0) is 13.8. The van der Waals surface area contributed by atoms with Gasteiger partial charge in [-0.1, -0.05) is 33.6 Å². The Morgan fingerprint density at radius 3 is 2.84 bits per heavy atom. The van der Waals surface area contributed by atoms with Gasteiger partial charge in [0.2, 0.25) is 5.88 Å². The van der Waals surface area contributed by atoms with Crippen LogP contribution >= 0.6 is 15.9 Å². The van der Waals surface area contributed by atoms with Crippen LogP contribution in [0.4, 0.5) is 0 Å². The second kappa shape index (κ2) is 6.12. The Morgan fingerprint density at radius 2 is 2.11 bits per heavy atom. The van der Waals surface area contributed by atoms with E-state index in [0.717, 1.165) is 21.3 Å². The van der Waals surface area contributed by atoms with Crippen LogP contribution in [0.25, 0.3) is 0 Å². The van der Waals surface area contributed by atoms with Crippen molar-refractivity contribution in [1.29, 1.82) is 0 Å². The zero-order valence-electron chi connectivity index (χ0n) is 10.8. The molecule has 1 aromatic heterocycles. The van der Waals surface area contributed by atoms with Crippen LogP contribution in [0.15, 0.2) is 35.1 Å². The number of rotatable bonds is 4. The normalized spacial score (nSPS) is 12.2. The van der Waals surface area contributed by atoms with E-state index in [0.29, 0.717) is 12.3 Å². The van der Waals surface area contributed by atoms with Gasteiger partial charge in [-0.3, -0.25) is 0 Å².